The molecule has 0 spiro atoms. The predicted octanol–water partition coefficient (Wildman–Crippen LogP) is 1.18. The zero-order chi connectivity index (χ0) is 14.8. The fourth-order valence-corrected chi connectivity index (χ4v) is 4.87. The van der Waals surface area contributed by atoms with E-state index in [1.165, 1.54) is 0 Å². The van der Waals surface area contributed by atoms with E-state index in [0.29, 0.717) is 29.4 Å². The topological polar surface area (TPSA) is 78.1 Å². The first kappa shape index (κ1) is 15.5. The molecule has 0 radical (unpaired) electrons. The number of nitrogens with one attached hydrogen (secondary N) is 2. The first-order valence-electron chi connectivity index (χ1n) is 7.22. The van der Waals surface area contributed by atoms with Crippen LogP contribution in [0.5, 0.6) is 0 Å². The number of likely N-dealkylation sites (N-methyl/N-ethyl adjacent to an activating group) is 1. The average Bonchev–Trinajstić information content (AvgIpc) is 2.76. The number of rotatable bonds is 5. The molecule has 20 heavy (non-hydrogen) atoms. The lowest BCUT2D eigenvalue weighted by Gasteiger charge is -2.34. The number of nitrogens with zero attached hydrogens (tertiary/aromatic N) is 2. The van der Waals surface area contributed by atoms with Crippen molar-refractivity contribution in [2.45, 2.75) is 51.0 Å². The second-order valence-corrected chi connectivity index (χ2v) is 7.16. The van der Waals surface area contributed by atoms with Gasteiger partial charge in [0.05, 0.1) is 11.4 Å². The van der Waals surface area contributed by atoms with Gasteiger partial charge in [0, 0.05) is 19.1 Å². The fraction of sp³-hybridized carbons (Fsp3) is 0.769. The largest absolute Gasteiger partial charge is 0.315 e. The highest BCUT2D eigenvalue weighted by Crippen LogP contribution is 2.27. The van der Waals surface area contributed by atoms with Gasteiger partial charge in [-0.05, 0) is 33.2 Å². The molecule has 7 heteroatoms. The number of aryl methyl sites for hydroxylation is 2. The van der Waals surface area contributed by atoms with Gasteiger partial charge in [-0.25, -0.2) is 8.42 Å². The Morgan fingerprint density at radius 1 is 1.40 bits per heavy atom. The molecule has 1 aromatic rings. The van der Waals surface area contributed by atoms with Crippen LogP contribution in [-0.4, -0.2) is 48.6 Å². The van der Waals surface area contributed by atoms with E-state index in [1.807, 2.05) is 6.92 Å². The van der Waals surface area contributed by atoms with Gasteiger partial charge in [0.1, 0.15) is 4.90 Å². The van der Waals surface area contributed by atoms with Gasteiger partial charge in [-0.2, -0.15) is 9.40 Å². The van der Waals surface area contributed by atoms with Crippen LogP contribution in [0.25, 0.3) is 0 Å². The Labute approximate surface area is 121 Å². The fourth-order valence-electron chi connectivity index (χ4n) is 2.84. The van der Waals surface area contributed by atoms with Gasteiger partial charge in [0.25, 0.3) is 0 Å². The molecule has 0 bridgehead atoms. The Morgan fingerprint density at radius 2 is 2.15 bits per heavy atom. The molecule has 1 atom stereocenters. The van der Waals surface area contributed by atoms with Crippen molar-refractivity contribution in [3.8, 4) is 0 Å². The molecule has 2 heterocycles. The van der Waals surface area contributed by atoms with E-state index in [1.54, 1.807) is 18.2 Å². The van der Waals surface area contributed by atoms with Gasteiger partial charge >= 0.3 is 0 Å². The third-order valence-electron chi connectivity index (χ3n) is 3.83. The lowest BCUT2D eigenvalue weighted by Crippen LogP contribution is -2.48. The maximum atomic E-state index is 12.9. The molecule has 1 aromatic heterocycles. The molecule has 2 N–H and O–H groups in total. The van der Waals surface area contributed by atoms with Crippen LogP contribution in [0.1, 0.15) is 37.6 Å². The Balaban J connectivity index is 2.31. The smallest absolute Gasteiger partial charge is 0.247 e. The molecule has 114 valence electrons. The molecule has 0 amide bonds. The molecule has 6 nitrogen and oxygen atoms in total. The molecule has 0 saturated carbocycles. The van der Waals surface area contributed by atoms with E-state index in [4.69, 9.17) is 0 Å². The van der Waals surface area contributed by atoms with Crippen LogP contribution in [0.4, 0.5) is 0 Å². The Hall–Kier alpha value is -0.920. The summed E-state index contributed by atoms with van der Waals surface area (Å²) in [4.78, 5) is 0.348. The first-order valence-corrected chi connectivity index (χ1v) is 8.66. The molecular formula is C13H24N4O2S. The lowest BCUT2D eigenvalue weighted by molar-refractivity contribution is 0.246. The quantitative estimate of drug-likeness (QED) is 0.856. The van der Waals surface area contributed by atoms with Crippen LogP contribution < -0.4 is 5.32 Å². The van der Waals surface area contributed by atoms with Crippen LogP contribution in [0, 0.1) is 13.8 Å². The normalized spacial score (nSPS) is 21.2. The first-order chi connectivity index (χ1) is 9.48. The highest BCUT2D eigenvalue weighted by atomic mass is 32.2. The number of hydrogen-bond acceptors (Lipinski definition) is 4. The molecule has 1 saturated heterocycles. The van der Waals surface area contributed by atoms with E-state index in [-0.39, 0.29) is 6.04 Å². The van der Waals surface area contributed by atoms with E-state index < -0.39 is 10.0 Å². The Kier molecular flexibility index (Phi) is 4.82. The molecule has 1 aliphatic heterocycles. The van der Waals surface area contributed by atoms with E-state index in [0.717, 1.165) is 25.8 Å². The number of aromatic amines is 1. The van der Waals surface area contributed by atoms with Crippen molar-refractivity contribution in [1.29, 1.82) is 0 Å². The summed E-state index contributed by atoms with van der Waals surface area (Å²) < 4.78 is 27.5. The Morgan fingerprint density at radius 3 is 2.75 bits per heavy atom. The molecule has 1 unspecified atom stereocenters. The average molecular weight is 300 g/mol. The molecule has 1 fully saturated rings. The van der Waals surface area contributed by atoms with Crippen LogP contribution in [0.2, 0.25) is 0 Å². The monoisotopic (exact) mass is 300 g/mol. The van der Waals surface area contributed by atoms with Gasteiger partial charge in [-0.3, -0.25) is 5.10 Å². The van der Waals surface area contributed by atoms with Gasteiger partial charge in [-0.15, -0.1) is 0 Å². The van der Waals surface area contributed by atoms with Gasteiger partial charge in [0.15, 0.2) is 0 Å². The zero-order valence-electron chi connectivity index (χ0n) is 12.4. The maximum Gasteiger partial charge on any atom is 0.247 e. The highest BCUT2D eigenvalue weighted by Gasteiger charge is 2.35. The van der Waals surface area contributed by atoms with E-state index in [9.17, 15) is 8.42 Å². The molecular weight excluding hydrogens is 276 g/mol. The van der Waals surface area contributed by atoms with Crippen LogP contribution >= 0.6 is 0 Å². The third kappa shape index (κ3) is 2.89. The number of sulfonamides is 1. The minimum atomic E-state index is -3.46. The molecule has 1 aliphatic rings. The van der Waals surface area contributed by atoms with Crippen molar-refractivity contribution in [3.05, 3.63) is 11.4 Å². The predicted molar refractivity (Wildman–Crippen MR) is 78.1 cm³/mol. The number of aromatic nitrogens is 2. The SMILES string of the molecule is CCNCC1CCCCN1S(=O)(=O)c1c(C)n[nH]c1C. The summed E-state index contributed by atoms with van der Waals surface area (Å²) in [6.07, 6.45) is 2.94. The van der Waals surface area contributed by atoms with Crippen molar-refractivity contribution in [3.63, 3.8) is 0 Å². The lowest BCUT2D eigenvalue weighted by atomic mass is 10.1. The third-order valence-corrected chi connectivity index (χ3v) is 6.05. The van der Waals surface area contributed by atoms with Crippen LogP contribution in [0.15, 0.2) is 4.90 Å². The summed E-state index contributed by atoms with van der Waals surface area (Å²) in [6.45, 7) is 7.70. The van der Waals surface area contributed by atoms with Gasteiger partial charge in [-0.1, -0.05) is 13.3 Å². The molecule has 0 aromatic carbocycles. The van der Waals surface area contributed by atoms with Crippen molar-refractivity contribution in [1.82, 2.24) is 19.8 Å². The summed E-state index contributed by atoms with van der Waals surface area (Å²) in [5.74, 6) is 0. The van der Waals surface area contributed by atoms with Gasteiger partial charge < -0.3 is 5.32 Å². The highest BCUT2D eigenvalue weighted by molar-refractivity contribution is 7.89. The summed E-state index contributed by atoms with van der Waals surface area (Å²) in [7, 11) is -3.46. The van der Waals surface area contributed by atoms with Crippen molar-refractivity contribution in [2.24, 2.45) is 0 Å². The minimum Gasteiger partial charge on any atom is -0.315 e. The summed E-state index contributed by atoms with van der Waals surface area (Å²) >= 11 is 0. The van der Waals surface area contributed by atoms with Gasteiger partial charge in [0.2, 0.25) is 10.0 Å². The number of piperidine rings is 1. The standard InChI is InChI=1S/C13H24N4O2S/c1-4-14-9-12-7-5-6-8-17(12)20(18,19)13-10(2)15-16-11(13)3/h12,14H,4-9H2,1-3H3,(H,15,16). The molecule has 0 aliphatic carbocycles. The summed E-state index contributed by atoms with van der Waals surface area (Å²) in [5.41, 5.74) is 1.17. The summed E-state index contributed by atoms with van der Waals surface area (Å²) in [6, 6.07) is 0.0439. The van der Waals surface area contributed by atoms with E-state index >= 15 is 0 Å². The summed E-state index contributed by atoms with van der Waals surface area (Å²) in [5, 5.41) is 10.1. The second kappa shape index (κ2) is 6.24. The minimum absolute atomic E-state index is 0.0439. The van der Waals surface area contributed by atoms with Crippen molar-refractivity contribution >= 4 is 10.0 Å². The number of H-pyrrole nitrogens is 1. The van der Waals surface area contributed by atoms with E-state index in [2.05, 4.69) is 15.5 Å². The zero-order valence-corrected chi connectivity index (χ0v) is 13.3. The second-order valence-electron chi connectivity index (χ2n) is 5.34. The maximum absolute atomic E-state index is 12.9. The van der Waals surface area contributed by atoms with Crippen molar-refractivity contribution < 1.29 is 8.42 Å². The molecule has 2 rings (SSSR count). The van der Waals surface area contributed by atoms with Crippen LogP contribution in [0.3, 0.4) is 0 Å². The number of hydrogen-bond donors (Lipinski definition) is 2. The van der Waals surface area contributed by atoms with Crippen LogP contribution in [-0.2, 0) is 10.0 Å². The Bertz CT molecular complexity index is 533. The van der Waals surface area contributed by atoms with Crippen molar-refractivity contribution in [2.75, 3.05) is 19.6 Å².